The lowest BCUT2D eigenvalue weighted by Crippen LogP contribution is -2.51. The number of nitrogens with zero attached hydrogens (tertiary/aromatic N) is 2. The van der Waals surface area contributed by atoms with Crippen molar-refractivity contribution < 1.29 is 14.7 Å². The molecule has 0 bridgehead atoms. The van der Waals surface area contributed by atoms with Gasteiger partial charge in [-0.05, 0) is 53.9 Å². The van der Waals surface area contributed by atoms with Gasteiger partial charge in [0.2, 0.25) is 5.91 Å². The Labute approximate surface area is 234 Å². The largest absolute Gasteiger partial charge is 0.507 e. The summed E-state index contributed by atoms with van der Waals surface area (Å²) in [5, 5.41) is 16.4. The lowest BCUT2D eigenvalue weighted by Gasteiger charge is -2.29. The zero-order valence-corrected chi connectivity index (χ0v) is 23.2. The van der Waals surface area contributed by atoms with E-state index in [-0.39, 0.29) is 17.4 Å². The summed E-state index contributed by atoms with van der Waals surface area (Å²) >= 11 is 0. The SMILES string of the molecule is CCC(NC(=O)[C@H](Cc1ccc2ccccc2c1)N(C)Cc1ccccc1)C(=O)c1cn(C)c2cccc(O)c12. The molecule has 0 aliphatic rings. The fraction of sp³-hybridized carbons (Fsp3) is 0.235. The van der Waals surface area contributed by atoms with Gasteiger partial charge in [0.05, 0.1) is 23.0 Å². The fourth-order valence-electron chi connectivity index (χ4n) is 5.44. The molecule has 0 radical (unpaired) electrons. The van der Waals surface area contributed by atoms with E-state index in [9.17, 15) is 14.7 Å². The summed E-state index contributed by atoms with van der Waals surface area (Å²) in [6, 6.07) is 28.5. The second-order valence-corrected chi connectivity index (χ2v) is 10.5. The lowest BCUT2D eigenvalue weighted by molar-refractivity contribution is -0.126. The second kappa shape index (κ2) is 11.8. The van der Waals surface area contributed by atoms with Crippen LogP contribution in [0.15, 0.2) is 97.2 Å². The molecule has 5 aromatic rings. The first-order valence-corrected chi connectivity index (χ1v) is 13.7. The molecule has 6 heteroatoms. The van der Waals surface area contributed by atoms with E-state index in [1.54, 1.807) is 18.3 Å². The van der Waals surface area contributed by atoms with Crippen LogP contribution >= 0.6 is 0 Å². The molecule has 2 N–H and O–H groups in total. The standard InChI is InChI=1S/C34H35N3O3/c1-4-28(33(39)27-22-37(3)29-15-10-16-31(38)32(27)29)35-34(40)30(36(2)21-23-11-6-5-7-12-23)20-24-17-18-25-13-8-9-14-26(25)19-24/h5-19,22,28,30,38H,4,20-21H2,1-3H3,(H,35,40)/t28?,30-/m0/s1. The molecule has 1 unspecified atom stereocenters. The normalized spacial score (nSPS) is 13.0. The molecule has 0 aliphatic carbocycles. The van der Waals surface area contributed by atoms with Gasteiger partial charge in [-0.3, -0.25) is 14.5 Å². The minimum Gasteiger partial charge on any atom is -0.507 e. The van der Waals surface area contributed by atoms with E-state index in [1.165, 1.54) is 0 Å². The molecule has 0 fully saturated rings. The van der Waals surface area contributed by atoms with Crippen molar-refractivity contribution in [2.75, 3.05) is 7.05 Å². The third-order valence-electron chi connectivity index (χ3n) is 7.65. The van der Waals surface area contributed by atoms with Gasteiger partial charge < -0.3 is 15.0 Å². The number of carbonyl (C=O) groups excluding carboxylic acids is 2. The van der Waals surface area contributed by atoms with E-state index >= 15 is 0 Å². The fourth-order valence-corrected chi connectivity index (χ4v) is 5.44. The van der Waals surface area contributed by atoms with Gasteiger partial charge >= 0.3 is 0 Å². The summed E-state index contributed by atoms with van der Waals surface area (Å²) in [6.45, 7) is 2.48. The van der Waals surface area contributed by atoms with E-state index in [4.69, 9.17) is 0 Å². The first-order chi connectivity index (χ1) is 19.4. The third-order valence-corrected chi connectivity index (χ3v) is 7.65. The van der Waals surface area contributed by atoms with Crippen molar-refractivity contribution in [3.05, 3.63) is 114 Å². The predicted molar refractivity (Wildman–Crippen MR) is 160 cm³/mol. The summed E-state index contributed by atoms with van der Waals surface area (Å²) < 4.78 is 1.83. The van der Waals surface area contributed by atoms with Crippen LogP contribution in [0.1, 0.15) is 34.8 Å². The number of aromatic nitrogens is 1. The van der Waals surface area contributed by atoms with Crippen molar-refractivity contribution in [2.24, 2.45) is 7.05 Å². The molecule has 0 aliphatic heterocycles. The average molecular weight is 534 g/mol. The number of amides is 1. The summed E-state index contributed by atoms with van der Waals surface area (Å²) in [5.74, 6) is -0.353. The van der Waals surface area contributed by atoms with Crippen molar-refractivity contribution >= 4 is 33.4 Å². The maximum atomic E-state index is 13.9. The molecule has 1 aromatic heterocycles. The molecule has 6 nitrogen and oxygen atoms in total. The Balaban J connectivity index is 1.42. The number of ketones is 1. The zero-order valence-electron chi connectivity index (χ0n) is 23.2. The van der Waals surface area contributed by atoms with Crippen molar-refractivity contribution in [1.29, 1.82) is 0 Å². The Hall–Kier alpha value is -4.42. The summed E-state index contributed by atoms with van der Waals surface area (Å²) in [5.41, 5.74) is 3.33. The third kappa shape index (κ3) is 5.63. The number of Topliss-reactive ketones (excluding diaryl/α,β-unsaturated/α-hetero) is 1. The van der Waals surface area contributed by atoms with Crippen LogP contribution in [0.25, 0.3) is 21.7 Å². The molecule has 40 heavy (non-hydrogen) atoms. The Morgan fingerprint density at radius 3 is 2.38 bits per heavy atom. The summed E-state index contributed by atoms with van der Waals surface area (Å²) in [4.78, 5) is 29.7. The van der Waals surface area contributed by atoms with Gasteiger partial charge in [-0.1, -0.05) is 85.8 Å². The van der Waals surface area contributed by atoms with Gasteiger partial charge in [-0.25, -0.2) is 0 Å². The molecule has 2 atom stereocenters. The lowest BCUT2D eigenvalue weighted by atomic mass is 9.98. The van der Waals surface area contributed by atoms with Crippen LogP contribution in [0.4, 0.5) is 0 Å². The van der Waals surface area contributed by atoms with Crippen LogP contribution < -0.4 is 5.32 Å². The highest BCUT2D eigenvalue weighted by molar-refractivity contribution is 6.13. The Kier molecular flexibility index (Phi) is 7.99. The van der Waals surface area contributed by atoms with Gasteiger partial charge in [0, 0.05) is 25.4 Å². The van der Waals surface area contributed by atoms with Gasteiger partial charge in [0.1, 0.15) is 5.75 Å². The molecule has 0 saturated heterocycles. The first kappa shape index (κ1) is 27.2. The molecular formula is C34H35N3O3. The van der Waals surface area contributed by atoms with Crippen LogP contribution in [-0.2, 0) is 24.8 Å². The number of hydrogen-bond donors (Lipinski definition) is 2. The number of carbonyl (C=O) groups is 2. The maximum absolute atomic E-state index is 13.9. The van der Waals surface area contributed by atoms with Crippen molar-refractivity contribution in [1.82, 2.24) is 14.8 Å². The number of benzene rings is 4. The predicted octanol–water partition coefficient (Wildman–Crippen LogP) is 5.86. The minimum absolute atomic E-state index is 0.0550. The highest BCUT2D eigenvalue weighted by Gasteiger charge is 2.30. The number of hydrogen-bond acceptors (Lipinski definition) is 4. The van der Waals surface area contributed by atoms with Crippen LogP contribution in [-0.4, -0.2) is 45.4 Å². The highest BCUT2D eigenvalue weighted by Crippen LogP contribution is 2.30. The van der Waals surface area contributed by atoms with E-state index in [0.717, 1.165) is 27.4 Å². The average Bonchev–Trinajstić information content (AvgIpc) is 3.32. The number of likely N-dealkylation sites (N-methyl/N-ethyl adjacent to an activating group) is 1. The topological polar surface area (TPSA) is 74.6 Å². The molecule has 1 heterocycles. The molecule has 1 amide bonds. The monoisotopic (exact) mass is 533 g/mol. The Morgan fingerprint density at radius 1 is 0.900 bits per heavy atom. The smallest absolute Gasteiger partial charge is 0.238 e. The maximum Gasteiger partial charge on any atom is 0.238 e. The summed E-state index contributed by atoms with van der Waals surface area (Å²) in [7, 11) is 3.79. The van der Waals surface area contributed by atoms with Crippen molar-refractivity contribution in [3.63, 3.8) is 0 Å². The Morgan fingerprint density at radius 2 is 1.62 bits per heavy atom. The van der Waals surface area contributed by atoms with E-state index < -0.39 is 12.1 Å². The number of phenolic OH excluding ortho intramolecular Hbond substituents is 1. The molecule has 4 aromatic carbocycles. The van der Waals surface area contributed by atoms with Gasteiger partial charge in [-0.15, -0.1) is 0 Å². The van der Waals surface area contributed by atoms with Crippen molar-refractivity contribution in [3.8, 4) is 5.75 Å². The number of fused-ring (bicyclic) bond motifs is 2. The van der Waals surface area contributed by atoms with Crippen LogP contribution in [0.3, 0.4) is 0 Å². The minimum atomic E-state index is -0.720. The molecule has 0 saturated carbocycles. The molecule has 0 spiro atoms. The first-order valence-electron chi connectivity index (χ1n) is 13.7. The number of aryl methyl sites for hydroxylation is 1. The van der Waals surface area contributed by atoms with E-state index in [2.05, 4.69) is 35.6 Å². The van der Waals surface area contributed by atoms with Crippen molar-refractivity contribution in [2.45, 2.75) is 38.4 Å². The molecular weight excluding hydrogens is 498 g/mol. The quantitative estimate of drug-likeness (QED) is 0.221. The highest BCUT2D eigenvalue weighted by atomic mass is 16.3. The molecule has 204 valence electrons. The van der Waals surface area contributed by atoms with Crippen LogP contribution in [0.2, 0.25) is 0 Å². The number of rotatable bonds is 10. The number of aromatic hydroxyl groups is 1. The second-order valence-electron chi connectivity index (χ2n) is 10.5. The van der Waals surface area contributed by atoms with Gasteiger partial charge in [0.25, 0.3) is 0 Å². The Bertz CT molecular complexity index is 1660. The van der Waals surface area contributed by atoms with Gasteiger partial charge in [0.15, 0.2) is 5.78 Å². The number of nitrogens with one attached hydrogen (secondary N) is 1. The zero-order chi connectivity index (χ0) is 28.2. The number of phenols is 1. The molecule has 5 rings (SSSR count). The van der Waals surface area contributed by atoms with Crippen LogP contribution in [0.5, 0.6) is 5.75 Å². The summed E-state index contributed by atoms with van der Waals surface area (Å²) in [6.07, 6.45) is 2.66. The van der Waals surface area contributed by atoms with E-state index in [0.29, 0.717) is 30.3 Å². The van der Waals surface area contributed by atoms with Crippen LogP contribution in [0, 0.1) is 0 Å². The van der Waals surface area contributed by atoms with E-state index in [1.807, 2.05) is 79.0 Å². The van der Waals surface area contributed by atoms with Gasteiger partial charge in [-0.2, -0.15) is 0 Å².